The molecule has 2 aromatic carbocycles. The number of halogens is 4. The second-order valence-electron chi connectivity index (χ2n) is 5.09. The van der Waals surface area contributed by atoms with E-state index in [1.165, 1.54) is 12.1 Å². The van der Waals surface area contributed by atoms with Gasteiger partial charge in [-0.05, 0) is 41.0 Å². The van der Waals surface area contributed by atoms with Gasteiger partial charge in [-0.3, -0.25) is 0 Å². The molecule has 1 nitrogen and oxygen atoms in total. The van der Waals surface area contributed by atoms with Crippen molar-refractivity contribution in [3.05, 3.63) is 59.2 Å². The van der Waals surface area contributed by atoms with Gasteiger partial charge in [0.05, 0.1) is 0 Å². The molecule has 0 aliphatic heterocycles. The van der Waals surface area contributed by atoms with Crippen molar-refractivity contribution < 1.29 is 17.6 Å². The second-order valence-corrected chi connectivity index (χ2v) is 5.09. The molecule has 0 aliphatic carbocycles. The van der Waals surface area contributed by atoms with Crippen LogP contribution in [0.25, 0.3) is 11.1 Å². The van der Waals surface area contributed by atoms with Gasteiger partial charge in [0, 0.05) is 12.6 Å². The molecule has 0 saturated carbocycles. The molecule has 2 rings (SSSR count). The van der Waals surface area contributed by atoms with Crippen LogP contribution in [-0.2, 0) is 6.54 Å². The van der Waals surface area contributed by atoms with Crippen LogP contribution in [0.3, 0.4) is 0 Å². The molecule has 0 saturated heterocycles. The molecule has 0 unspecified atom stereocenters. The third kappa shape index (κ3) is 3.61. The van der Waals surface area contributed by atoms with E-state index in [4.69, 9.17) is 0 Å². The van der Waals surface area contributed by atoms with Crippen LogP contribution in [0.15, 0.2) is 30.3 Å². The van der Waals surface area contributed by atoms with Gasteiger partial charge in [-0.15, -0.1) is 0 Å². The Balaban J connectivity index is 2.49. The molecule has 1 N–H and O–H groups in total. The lowest BCUT2D eigenvalue weighted by atomic mass is 9.99. The molecule has 112 valence electrons. The third-order valence-corrected chi connectivity index (χ3v) is 3.07. The first-order valence-corrected chi connectivity index (χ1v) is 6.55. The molecule has 5 heteroatoms. The molecule has 0 aliphatic rings. The van der Waals surface area contributed by atoms with Crippen molar-refractivity contribution in [1.82, 2.24) is 5.32 Å². The average molecular weight is 297 g/mol. The Bertz CT molecular complexity index is 630. The van der Waals surface area contributed by atoms with Gasteiger partial charge in [0.25, 0.3) is 0 Å². The zero-order valence-corrected chi connectivity index (χ0v) is 11.7. The molecule has 2 aromatic rings. The lowest BCUT2D eigenvalue weighted by molar-refractivity contribution is 0.447. The Morgan fingerprint density at radius 1 is 0.952 bits per heavy atom. The number of rotatable bonds is 4. The van der Waals surface area contributed by atoms with Gasteiger partial charge in [0.15, 0.2) is 17.5 Å². The molecule has 0 bridgehead atoms. The van der Waals surface area contributed by atoms with Crippen molar-refractivity contribution in [2.45, 2.75) is 26.4 Å². The van der Waals surface area contributed by atoms with Crippen LogP contribution in [0.4, 0.5) is 17.6 Å². The normalized spacial score (nSPS) is 11.2. The summed E-state index contributed by atoms with van der Waals surface area (Å²) < 4.78 is 53.1. The highest BCUT2D eigenvalue weighted by atomic mass is 19.2. The van der Waals surface area contributed by atoms with E-state index in [9.17, 15) is 17.6 Å². The van der Waals surface area contributed by atoms with Crippen LogP contribution < -0.4 is 5.32 Å². The summed E-state index contributed by atoms with van der Waals surface area (Å²) in [6, 6.07) is 5.93. The smallest absolute Gasteiger partial charge is 0.194 e. The van der Waals surface area contributed by atoms with Gasteiger partial charge < -0.3 is 5.32 Å². The van der Waals surface area contributed by atoms with Crippen molar-refractivity contribution in [2.24, 2.45) is 0 Å². The van der Waals surface area contributed by atoms with E-state index in [1.54, 1.807) is 6.07 Å². The topological polar surface area (TPSA) is 12.0 Å². The van der Waals surface area contributed by atoms with Gasteiger partial charge in [0.2, 0.25) is 0 Å². The molecule has 0 fully saturated rings. The maximum absolute atomic E-state index is 13.4. The van der Waals surface area contributed by atoms with E-state index in [1.807, 2.05) is 13.8 Å². The quantitative estimate of drug-likeness (QED) is 0.651. The molecule has 0 aromatic heterocycles. The van der Waals surface area contributed by atoms with Crippen molar-refractivity contribution in [2.75, 3.05) is 0 Å². The Hall–Kier alpha value is -1.88. The molecular weight excluding hydrogens is 282 g/mol. The summed E-state index contributed by atoms with van der Waals surface area (Å²) in [6.07, 6.45) is 0. The maximum Gasteiger partial charge on any atom is 0.194 e. The summed E-state index contributed by atoms with van der Waals surface area (Å²) in [6.45, 7) is 4.30. The molecule has 21 heavy (non-hydrogen) atoms. The molecule has 0 radical (unpaired) electrons. The minimum atomic E-state index is -1.53. The molecular formula is C16H15F4N. The Morgan fingerprint density at radius 3 is 2.14 bits per heavy atom. The number of benzene rings is 2. The Kier molecular flexibility index (Phi) is 4.63. The van der Waals surface area contributed by atoms with Gasteiger partial charge in [-0.1, -0.05) is 19.9 Å². The summed E-state index contributed by atoms with van der Waals surface area (Å²) in [4.78, 5) is 0. The van der Waals surface area contributed by atoms with Crippen LogP contribution in [0.2, 0.25) is 0 Å². The minimum absolute atomic E-state index is 0.103. The number of nitrogens with one attached hydrogen (secondary N) is 1. The first kappa shape index (κ1) is 15.5. The minimum Gasteiger partial charge on any atom is -0.310 e. The van der Waals surface area contributed by atoms with Crippen molar-refractivity contribution in [3.8, 4) is 11.1 Å². The van der Waals surface area contributed by atoms with E-state index in [0.29, 0.717) is 17.7 Å². The summed E-state index contributed by atoms with van der Waals surface area (Å²) in [5.41, 5.74) is 1.11. The third-order valence-electron chi connectivity index (χ3n) is 3.07. The fourth-order valence-corrected chi connectivity index (χ4v) is 2.00. The first-order chi connectivity index (χ1) is 9.88. The highest BCUT2D eigenvalue weighted by molar-refractivity contribution is 5.67. The standard InChI is InChI=1S/C16H15F4N/c1-9(2)21-8-10-3-4-12(17)7-13(10)11-5-14(18)16(20)15(19)6-11/h3-7,9,21H,8H2,1-2H3. The Labute approximate surface area is 120 Å². The fraction of sp³-hybridized carbons (Fsp3) is 0.250. The fourth-order valence-electron chi connectivity index (χ4n) is 2.00. The van der Waals surface area contributed by atoms with Crippen LogP contribution in [0, 0.1) is 23.3 Å². The van der Waals surface area contributed by atoms with E-state index in [0.717, 1.165) is 12.1 Å². The van der Waals surface area contributed by atoms with Crippen LogP contribution in [0.5, 0.6) is 0 Å². The summed E-state index contributed by atoms with van der Waals surface area (Å²) in [7, 11) is 0. The SMILES string of the molecule is CC(C)NCc1ccc(F)cc1-c1cc(F)c(F)c(F)c1. The lowest BCUT2D eigenvalue weighted by Crippen LogP contribution is -2.22. The van der Waals surface area contributed by atoms with Gasteiger partial charge in [0.1, 0.15) is 5.82 Å². The summed E-state index contributed by atoms with van der Waals surface area (Å²) in [5, 5.41) is 3.15. The van der Waals surface area contributed by atoms with Crippen LogP contribution >= 0.6 is 0 Å². The average Bonchev–Trinajstić information content (AvgIpc) is 2.42. The predicted octanol–water partition coefficient (Wildman–Crippen LogP) is 4.41. The predicted molar refractivity (Wildman–Crippen MR) is 73.7 cm³/mol. The summed E-state index contributed by atoms with van der Waals surface area (Å²) in [5.74, 6) is -4.64. The molecule has 0 spiro atoms. The summed E-state index contributed by atoms with van der Waals surface area (Å²) >= 11 is 0. The zero-order valence-electron chi connectivity index (χ0n) is 11.7. The molecule has 0 atom stereocenters. The van der Waals surface area contributed by atoms with Gasteiger partial charge in [-0.25, -0.2) is 17.6 Å². The molecule has 0 amide bonds. The first-order valence-electron chi connectivity index (χ1n) is 6.55. The molecule has 0 heterocycles. The maximum atomic E-state index is 13.4. The highest BCUT2D eigenvalue weighted by Gasteiger charge is 2.14. The van der Waals surface area contributed by atoms with Crippen molar-refractivity contribution in [1.29, 1.82) is 0 Å². The van der Waals surface area contributed by atoms with Crippen LogP contribution in [-0.4, -0.2) is 6.04 Å². The zero-order chi connectivity index (χ0) is 15.6. The highest BCUT2D eigenvalue weighted by Crippen LogP contribution is 2.28. The van der Waals surface area contributed by atoms with Gasteiger partial charge >= 0.3 is 0 Å². The van der Waals surface area contributed by atoms with E-state index >= 15 is 0 Å². The Morgan fingerprint density at radius 2 is 1.57 bits per heavy atom. The monoisotopic (exact) mass is 297 g/mol. The number of hydrogen-bond donors (Lipinski definition) is 1. The van der Waals surface area contributed by atoms with E-state index in [-0.39, 0.29) is 11.6 Å². The lowest BCUT2D eigenvalue weighted by Gasteiger charge is -2.13. The van der Waals surface area contributed by atoms with Crippen molar-refractivity contribution in [3.63, 3.8) is 0 Å². The van der Waals surface area contributed by atoms with Gasteiger partial charge in [-0.2, -0.15) is 0 Å². The second kappa shape index (κ2) is 6.26. The largest absolute Gasteiger partial charge is 0.310 e. The number of hydrogen-bond acceptors (Lipinski definition) is 1. The van der Waals surface area contributed by atoms with E-state index in [2.05, 4.69) is 5.32 Å². The van der Waals surface area contributed by atoms with Crippen LogP contribution in [0.1, 0.15) is 19.4 Å². The van der Waals surface area contributed by atoms with E-state index < -0.39 is 23.3 Å². The van der Waals surface area contributed by atoms with Crippen molar-refractivity contribution >= 4 is 0 Å².